The van der Waals surface area contributed by atoms with Gasteiger partial charge in [0.1, 0.15) is 6.73 Å². The monoisotopic (exact) mass is 593 g/mol. The van der Waals surface area contributed by atoms with Crippen molar-refractivity contribution in [3.8, 4) is 0 Å². The number of rotatable bonds is 11. The second-order valence-electron chi connectivity index (χ2n) is 9.81. The second-order valence-corrected chi connectivity index (χ2v) is 15.4. The highest BCUT2D eigenvalue weighted by atomic mass is 127. The number of alkyl halides is 1. The van der Waals surface area contributed by atoms with Gasteiger partial charge in [-0.25, -0.2) is 4.98 Å². The number of methoxy groups -OCH3 is 1. The zero-order valence-electron chi connectivity index (χ0n) is 20.7. The average Bonchev–Trinajstić information content (AvgIpc) is 3.10. The summed E-state index contributed by atoms with van der Waals surface area (Å²) in [5, 5.41) is 2.67. The van der Waals surface area contributed by atoms with E-state index in [1.54, 1.807) is 25.5 Å². The Morgan fingerprint density at radius 2 is 1.97 bits per heavy atom. The molecule has 12 heteroatoms. The van der Waals surface area contributed by atoms with Crippen LogP contribution in [0, 0.1) is 5.92 Å². The highest BCUT2D eigenvalue weighted by molar-refractivity contribution is 14.1. The van der Waals surface area contributed by atoms with E-state index in [1.807, 2.05) is 0 Å². The minimum Gasteiger partial charge on any atom is -0.409 e. The molecule has 0 fully saturated rings. The van der Waals surface area contributed by atoms with Crippen molar-refractivity contribution in [2.24, 2.45) is 5.92 Å². The van der Waals surface area contributed by atoms with Crippen molar-refractivity contribution in [3.05, 3.63) is 16.7 Å². The topological polar surface area (TPSA) is 120 Å². The van der Waals surface area contributed by atoms with Crippen LogP contribution in [0.4, 0.5) is 5.95 Å². The van der Waals surface area contributed by atoms with Crippen LogP contribution >= 0.6 is 22.6 Å². The molecule has 0 aliphatic carbocycles. The lowest BCUT2D eigenvalue weighted by molar-refractivity contribution is -0.118. The van der Waals surface area contributed by atoms with Crippen LogP contribution in [-0.2, 0) is 25.4 Å². The summed E-state index contributed by atoms with van der Waals surface area (Å²) in [5.74, 6) is -0.408. The largest absolute Gasteiger partial charge is 0.409 e. The summed E-state index contributed by atoms with van der Waals surface area (Å²) in [6.07, 6.45) is 1.03. The molecule has 2 aromatic rings. The number of aromatic nitrogens is 4. The van der Waals surface area contributed by atoms with Crippen LogP contribution in [0.1, 0.15) is 34.6 Å². The zero-order valence-corrected chi connectivity index (χ0v) is 23.8. The number of nitrogens with zero attached hydrogens (tertiary/aromatic N) is 3. The van der Waals surface area contributed by atoms with Gasteiger partial charge in [0.25, 0.3) is 5.56 Å². The first-order valence-corrected chi connectivity index (χ1v) is 15.3. The molecule has 186 valence electrons. The van der Waals surface area contributed by atoms with E-state index < -0.39 is 13.9 Å². The maximum absolute atomic E-state index is 12.4. The Bertz CT molecular complexity index is 1000. The predicted octanol–water partition coefficient (Wildman–Crippen LogP) is 3.53. The Morgan fingerprint density at radius 3 is 2.52 bits per heavy atom. The van der Waals surface area contributed by atoms with Gasteiger partial charge < -0.3 is 13.9 Å². The summed E-state index contributed by atoms with van der Waals surface area (Å²) in [4.78, 5) is 35.5. The predicted molar refractivity (Wildman–Crippen MR) is 139 cm³/mol. The fourth-order valence-corrected chi connectivity index (χ4v) is 4.88. The summed E-state index contributed by atoms with van der Waals surface area (Å²) in [5.41, 5.74) is 0.0820. The molecule has 0 aliphatic heterocycles. The molecule has 2 rings (SSSR count). The molecular weight excluding hydrogens is 557 g/mol. The molecule has 2 aromatic heterocycles. The van der Waals surface area contributed by atoms with Gasteiger partial charge in [0.05, 0.1) is 25.1 Å². The molecule has 2 heterocycles. The summed E-state index contributed by atoms with van der Waals surface area (Å²) in [6, 6.07) is 0. The molecule has 0 unspecified atom stereocenters. The quantitative estimate of drug-likeness (QED) is 0.232. The number of halogens is 1. The van der Waals surface area contributed by atoms with Gasteiger partial charge >= 0.3 is 0 Å². The lowest BCUT2D eigenvalue weighted by atomic mass is 10.2. The number of carbonyl (C=O) groups is 1. The van der Waals surface area contributed by atoms with Gasteiger partial charge in [-0.2, -0.15) is 4.98 Å². The number of ether oxygens (including phenoxy) is 2. The van der Waals surface area contributed by atoms with Crippen LogP contribution in [0.5, 0.6) is 0 Å². The third-order valence-electron chi connectivity index (χ3n) is 5.82. The molecule has 10 nitrogen and oxygen atoms in total. The van der Waals surface area contributed by atoms with Gasteiger partial charge in [0.2, 0.25) is 11.9 Å². The number of anilines is 1. The molecule has 1 amide bonds. The molecule has 0 radical (unpaired) electrons. The van der Waals surface area contributed by atoms with E-state index in [2.05, 4.69) is 76.7 Å². The fraction of sp³-hybridized carbons (Fsp3) is 0.714. The first-order chi connectivity index (χ1) is 15.3. The first-order valence-electron chi connectivity index (χ1n) is 10.9. The standard InChI is InChI=1S/C21H36IN5O5Si/c1-13(2)18(28)25-20-24-17-16(19(29)26-20)23-11-27(17)12-31-14(9-22)15(10-30-6)32-33(7,8)21(3,4)5/h11,13-15H,9-10,12H2,1-8H3,(H2,24,25,26,28,29)/t14-,15-/m1/s1. The van der Waals surface area contributed by atoms with Crippen LogP contribution in [0.25, 0.3) is 11.2 Å². The molecule has 2 N–H and O–H groups in total. The molecule has 2 atom stereocenters. The van der Waals surface area contributed by atoms with Crippen LogP contribution in [-0.4, -0.2) is 64.1 Å². The number of fused-ring (bicyclic) bond motifs is 1. The molecule has 0 saturated heterocycles. The number of nitrogens with one attached hydrogen (secondary N) is 2. The Balaban J connectivity index is 2.24. The number of hydrogen-bond donors (Lipinski definition) is 2. The number of imidazole rings is 1. The van der Waals surface area contributed by atoms with Crippen molar-refractivity contribution in [1.29, 1.82) is 0 Å². The zero-order chi connectivity index (χ0) is 25.0. The SMILES string of the molecule is COC[C@@H](O[Si](C)(C)C(C)(C)C)[C@@H](CI)OCn1cnc2c(=O)[nH]c(NC(=O)C(C)C)nc21. The minimum atomic E-state index is -2.04. The van der Waals surface area contributed by atoms with Crippen molar-refractivity contribution < 1.29 is 18.7 Å². The summed E-state index contributed by atoms with van der Waals surface area (Å²) in [7, 11) is -0.392. The third-order valence-corrected chi connectivity index (χ3v) is 11.2. The number of H-pyrrole nitrogens is 1. The number of aromatic amines is 1. The van der Waals surface area contributed by atoms with E-state index in [4.69, 9.17) is 13.9 Å². The van der Waals surface area contributed by atoms with Crippen molar-refractivity contribution in [1.82, 2.24) is 19.5 Å². The van der Waals surface area contributed by atoms with Crippen molar-refractivity contribution in [2.45, 2.75) is 71.7 Å². The molecular formula is C21H36IN5O5Si. The Hall–Kier alpha value is -1.35. The summed E-state index contributed by atoms with van der Waals surface area (Å²) < 4.78 is 20.6. The minimum absolute atomic E-state index is 0.0527. The molecule has 0 spiro atoms. The van der Waals surface area contributed by atoms with Gasteiger partial charge in [0, 0.05) is 17.5 Å². The third kappa shape index (κ3) is 7.07. The van der Waals surface area contributed by atoms with Gasteiger partial charge in [0.15, 0.2) is 19.5 Å². The molecule has 0 saturated carbocycles. The fourth-order valence-electron chi connectivity index (χ4n) is 2.73. The number of carbonyl (C=O) groups excluding carboxylic acids is 1. The lowest BCUT2D eigenvalue weighted by Gasteiger charge is -2.40. The Kier molecular flexibility index (Phi) is 9.62. The Labute approximate surface area is 209 Å². The molecule has 0 aliphatic rings. The van der Waals surface area contributed by atoms with Gasteiger partial charge in [-0.3, -0.25) is 24.5 Å². The van der Waals surface area contributed by atoms with Gasteiger partial charge in [-0.05, 0) is 18.1 Å². The van der Waals surface area contributed by atoms with Crippen molar-refractivity contribution >= 4 is 53.9 Å². The van der Waals surface area contributed by atoms with Crippen LogP contribution < -0.4 is 10.9 Å². The van der Waals surface area contributed by atoms with Gasteiger partial charge in [-0.1, -0.05) is 57.2 Å². The smallest absolute Gasteiger partial charge is 0.280 e. The average molecular weight is 594 g/mol. The summed E-state index contributed by atoms with van der Waals surface area (Å²) >= 11 is 2.28. The van der Waals surface area contributed by atoms with E-state index in [9.17, 15) is 9.59 Å². The second kappa shape index (κ2) is 11.4. The summed E-state index contributed by atoms with van der Waals surface area (Å²) in [6.45, 7) is 15.0. The van der Waals surface area contributed by atoms with Gasteiger partial charge in [-0.15, -0.1) is 0 Å². The number of amides is 1. The molecule has 0 bridgehead atoms. The van der Waals surface area contributed by atoms with Crippen molar-refractivity contribution in [2.75, 3.05) is 23.5 Å². The van der Waals surface area contributed by atoms with E-state index in [0.717, 1.165) is 0 Å². The first kappa shape index (κ1) is 27.9. The van der Waals surface area contributed by atoms with Crippen molar-refractivity contribution in [3.63, 3.8) is 0 Å². The maximum Gasteiger partial charge on any atom is 0.280 e. The molecule has 0 aromatic carbocycles. The maximum atomic E-state index is 12.4. The van der Waals surface area contributed by atoms with Crippen LogP contribution in [0.15, 0.2) is 11.1 Å². The Morgan fingerprint density at radius 1 is 1.30 bits per heavy atom. The molecule has 33 heavy (non-hydrogen) atoms. The van der Waals surface area contributed by atoms with E-state index in [0.29, 0.717) is 16.7 Å². The number of hydrogen-bond acceptors (Lipinski definition) is 7. The highest BCUT2D eigenvalue weighted by Crippen LogP contribution is 2.38. The highest BCUT2D eigenvalue weighted by Gasteiger charge is 2.41. The van der Waals surface area contributed by atoms with Crippen LogP contribution in [0.2, 0.25) is 18.1 Å². The van der Waals surface area contributed by atoms with E-state index >= 15 is 0 Å². The van der Waals surface area contributed by atoms with Crippen LogP contribution in [0.3, 0.4) is 0 Å². The normalized spacial score (nSPS) is 14.6. The van der Waals surface area contributed by atoms with E-state index in [1.165, 1.54) is 6.33 Å². The van der Waals surface area contributed by atoms with E-state index in [-0.39, 0.29) is 47.3 Å². The lowest BCUT2D eigenvalue weighted by Crippen LogP contribution is -2.49.